The van der Waals surface area contributed by atoms with Gasteiger partial charge in [0.05, 0.1) is 32.7 Å². The van der Waals surface area contributed by atoms with E-state index < -0.39 is 79.5 Å². The summed E-state index contributed by atoms with van der Waals surface area (Å²) in [6.45, 7) is 5.24. The lowest BCUT2D eigenvalue weighted by molar-refractivity contribution is -0.189. The average molecular weight is 492 g/mol. The summed E-state index contributed by atoms with van der Waals surface area (Å²) in [4.78, 5) is 71.8. The summed E-state index contributed by atoms with van der Waals surface area (Å²) in [6.07, 6.45) is -3.03. The summed E-state index contributed by atoms with van der Waals surface area (Å²) in [6, 6.07) is 0. The largest absolute Gasteiger partial charge is 0.466 e. The molecule has 0 amide bonds. The monoisotopic (exact) mass is 492 g/mol. The van der Waals surface area contributed by atoms with Crippen LogP contribution in [0.15, 0.2) is 0 Å². The van der Waals surface area contributed by atoms with E-state index in [-0.39, 0.29) is 19.8 Å². The van der Waals surface area contributed by atoms with Crippen molar-refractivity contribution in [3.8, 4) is 0 Å². The molecule has 1 N–H and O–H groups in total. The van der Waals surface area contributed by atoms with Gasteiger partial charge in [-0.25, -0.2) is 4.79 Å². The fourth-order valence-electron chi connectivity index (χ4n) is 2.69. The molecule has 0 radical (unpaired) electrons. The van der Waals surface area contributed by atoms with E-state index in [1.807, 2.05) is 0 Å². The maximum Gasteiger partial charge on any atom is 0.339 e. The molecular weight excluding hydrogens is 460 g/mol. The second kappa shape index (κ2) is 15.6. The van der Waals surface area contributed by atoms with Crippen LogP contribution in [0.2, 0.25) is 0 Å². The second-order valence-corrected chi connectivity index (χ2v) is 6.85. The minimum atomic E-state index is -2.79. The summed E-state index contributed by atoms with van der Waals surface area (Å²) in [7, 11) is 0. The molecule has 0 aliphatic rings. The predicted octanol–water partition coefficient (Wildman–Crippen LogP) is -0.159. The first-order valence-electron chi connectivity index (χ1n) is 10.6. The van der Waals surface area contributed by atoms with Crippen LogP contribution in [0.1, 0.15) is 47.5 Å². The highest BCUT2D eigenvalue weighted by Gasteiger charge is 2.53. The van der Waals surface area contributed by atoms with Crippen LogP contribution in [0, 0.1) is 5.92 Å². The van der Waals surface area contributed by atoms with Crippen LogP contribution in [-0.4, -0.2) is 85.7 Å². The fraction of sp³-hybridized carbons (Fsp3) is 0.714. The van der Waals surface area contributed by atoms with Gasteiger partial charge in [-0.2, -0.15) is 0 Å². The Morgan fingerprint density at radius 3 is 1.79 bits per heavy atom. The van der Waals surface area contributed by atoms with Gasteiger partial charge in [-0.3, -0.25) is 24.0 Å². The Kier molecular flexibility index (Phi) is 14.1. The van der Waals surface area contributed by atoms with Crippen LogP contribution < -0.4 is 0 Å². The molecular formula is C21H32O13. The number of ether oxygens (including phenoxy) is 6. The van der Waals surface area contributed by atoms with Crippen LogP contribution in [0.5, 0.6) is 0 Å². The van der Waals surface area contributed by atoms with Crippen molar-refractivity contribution >= 4 is 35.8 Å². The molecule has 0 fully saturated rings. The van der Waals surface area contributed by atoms with Crippen molar-refractivity contribution in [2.45, 2.75) is 59.2 Å². The molecule has 0 aliphatic carbocycles. The van der Waals surface area contributed by atoms with Crippen molar-refractivity contribution in [1.82, 2.24) is 0 Å². The molecule has 0 saturated heterocycles. The Bertz CT molecular complexity index is 732. The number of hydrogen-bond donors (Lipinski definition) is 1. The minimum absolute atomic E-state index is 0.0657. The second-order valence-electron chi connectivity index (χ2n) is 6.85. The first-order valence-corrected chi connectivity index (χ1v) is 10.6. The normalized spacial score (nSPS) is 13.9. The Morgan fingerprint density at radius 1 is 0.735 bits per heavy atom. The number of rotatable bonds is 15. The molecule has 3 atom stereocenters. The summed E-state index contributed by atoms with van der Waals surface area (Å²) in [5, 5.41) is 11.0. The standard InChI is InChI=1S/C21H32O13/c1-6-29-18(25)10-21(28,20(27)31-8-3)16(19(26)30-7-2)9-17(24)33-12-15(34-14(5)23)11-32-13(4)22/h15-16,28H,6-12H2,1-5H3. The van der Waals surface area contributed by atoms with Crippen LogP contribution >= 0.6 is 0 Å². The Labute approximate surface area is 196 Å². The zero-order valence-electron chi connectivity index (χ0n) is 20.0. The molecule has 194 valence electrons. The van der Waals surface area contributed by atoms with Crippen molar-refractivity contribution in [3.05, 3.63) is 0 Å². The third-order valence-corrected chi connectivity index (χ3v) is 4.10. The highest BCUT2D eigenvalue weighted by atomic mass is 16.6. The number of carbonyl (C=O) groups is 6. The summed E-state index contributed by atoms with van der Waals surface area (Å²) >= 11 is 0. The zero-order chi connectivity index (χ0) is 26.3. The predicted molar refractivity (Wildman–Crippen MR) is 111 cm³/mol. The Hall–Kier alpha value is -3.22. The van der Waals surface area contributed by atoms with Gasteiger partial charge in [0.2, 0.25) is 0 Å². The van der Waals surface area contributed by atoms with Crippen LogP contribution in [0.4, 0.5) is 0 Å². The highest BCUT2D eigenvalue weighted by molar-refractivity contribution is 5.93. The maximum absolute atomic E-state index is 12.6. The first kappa shape index (κ1) is 30.8. The third-order valence-electron chi connectivity index (χ3n) is 4.10. The average Bonchev–Trinajstić information content (AvgIpc) is 2.73. The molecule has 0 spiro atoms. The molecule has 0 aromatic rings. The lowest BCUT2D eigenvalue weighted by Crippen LogP contribution is -2.53. The molecule has 3 unspecified atom stereocenters. The molecule has 0 aliphatic heterocycles. The number of carbonyl (C=O) groups excluding carboxylic acids is 6. The number of aliphatic hydroxyl groups is 1. The van der Waals surface area contributed by atoms with Crippen molar-refractivity contribution in [3.63, 3.8) is 0 Å². The summed E-state index contributed by atoms with van der Waals surface area (Å²) in [5.74, 6) is -7.89. The molecule has 0 heterocycles. The molecule has 13 nitrogen and oxygen atoms in total. The molecule has 0 rings (SSSR count). The van der Waals surface area contributed by atoms with Gasteiger partial charge in [0.25, 0.3) is 0 Å². The molecule has 0 aromatic carbocycles. The van der Waals surface area contributed by atoms with E-state index in [1.165, 1.54) is 20.8 Å². The third kappa shape index (κ3) is 11.1. The van der Waals surface area contributed by atoms with Crippen molar-refractivity contribution in [1.29, 1.82) is 0 Å². The maximum atomic E-state index is 12.6. The first-order chi connectivity index (χ1) is 15.9. The summed E-state index contributed by atoms with van der Waals surface area (Å²) in [5.41, 5.74) is -2.79. The smallest absolute Gasteiger partial charge is 0.339 e. The van der Waals surface area contributed by atoms with Gasteiger partial charge in [0.15, 0.2) is 11.7 Å². The molecule has 0 saturated carbocycles. The van der Waals surface area contributed by atoms with E-state index in [2.05, 4.69) is 0 Å². The SMILES string of the molecule is CCOC(=O)CC(O)(C(=O)OCC)C(CC(=O)OCC(COC(C)=O)OC(C)=O)C(=O)OCC. The van der Waals surface area contributed by atoms with Crippen LogP contribution in [0.3, 0.4) is 0 Å². The topological polar surface area (TPSA) is 178 Å². The van der Waals surface area contributed by atoms with E-state index in [9.17, 15) is 33.9 Å². The molecule has 0 bridgehead atoms. The number of hydrogen-bond acceptors (Lipinski definition) is 13. The lowest BCUT2D eigenvalue weighted by atomic mass is 9.82. The van der Waals surface area contributed by atoms with Gasteiger partial charge in [0, 0.05) is 13.8 Å². The van der Waals surface area contributed by atoms with Gasteiger partial charge in [-0.1, -0.05) is 0 Å². The fourth-order valence-corrected chi connectivity index (χ4v) is 2.69. The van der Waals surface area contributed by atoms with Crippen LogP contribution in [0.25, 0.3) is 0 Å². The van der Waals surface area contributed by atoms with E-state index in [0.29, 0.717) is 0 Å². The van der Waals surface area contributed by atoms with E-state index in [0.717, 1.165) is 13.8 Å². The summed E-state index contributed by atoms with van der Waals surface area (Å²) < 4.78 is 29.1. The van der Waals surface area contributed by atoms with Gasteiger partial charge >= 0.3 is 35.8 Å². The van der Waals surface area contributed by atoms with E-state index >= 15 is 0 Å². The quantitative estimate of drug-likeness (QED) is 0.236. The lowest BCUT2D eigenvalue weighted by Gasteiger charge is -2.31. The minimum Gasteiger partial charge on any atom is -0.466 e. The van der Waals surface area contributed by atoms with Crippen molar-refractivity contribution in [2.75, 3.05) is 33.0 Å². The zero-order valence-corrected chi connectivity index (χ0v) is 20.0. The van der Waals surface area contributed by atoms with Gasteiger partial charge < -0.3 is 33.5 Å². The van der Waals surface area contributed by atoms with E-state index in [4.69, 9.17) is 28.4 Å². The van der Waals surface area contributed by atoms with Crippen molar-refractivity contribution in [2.24, 2.45) is 5.92 Å². The van der Waals surface area contributed by atoms with Gasteiger partial charge in [-0.15, -0.1) is 0 Å². The highest BCUT2D eigenvalue weighted by Crippen LogP contribution is 2.29. The van der Waals surface area contributed by atoms with E-state index in [1.54, 1.807) is 0 Å². The Morgan fingerprint density at radius 2 is 1.29 bits per heavy atom. The van der Waals surface area contributed by atoms with Crippen LogP contribution in [-0.2, 0) is 57.2 Å². The van der Waals surface area contributed by atoms with Crippen molar-refractivity contribution < 1.29 is 62.3 Å². The Balaban J connectivity index is 5.71. The molecule has 0 aromatic heterocycles. The number of esters is 6. The molecule has 13 heteroatoms. The van der Waals surface area contributed by atoms with Gasteiger partial charge in [-0.05, 0) is 20.8 Å². The molecule has 34 heavy (non-hydrogen) atoms. The van der Waals surface area contributed by atoms with Gasteiger partial charge in [0.1, 0.15) is 19.1 Å².